The Hall–Kier alpha value is -7.76. The number of anilines is 8. The molecule has 0 spiro atoms. The second-order valence-electron chi connectivity index (χ2n) is 15.3. The zero-order chi connectivity index (χ0) is 38.9. The van der Waals surface area contributed by atoms with Crippen LogP contribution in [-0.4, -0.2) is 11.4 Å². The van der Waals surface area contributed by atoms with Gasteiger partial charge >= 0.3 is 6.85 Å². The third-order valence-corrected chi connectivity index (χ3v) is 12.1. The van der Waals surface area contributed by atoms with E-state index in [0.717, 1.165) is 39.8 Å². The molecule has 0 aliphatic carbocycles. The van der Waals surface area contributed by atoms with Crippen molar-refractivity contribution in [3.8, 4) is 16.8 Å². The molecule has 1 aromatic heterocycles. The lowest BCUT2D eigenvalue weighted by atomic mass is 9.44. The Balaban J connectivity index is 1.22. The normalized spacial score (nSPS) is 12.3. The zero-order valence-corrected chi connectivity index (χ0v) is 32.2. The molecule has 0 unspecified atom stereocenters. The highest BCUT2D eigenvalue weighted by molar-refractivity contribution is 6.93. The molecule has 4 nitrogen and oxygen atoms in total. The second-order valence-corrected chi connectivity index (χ2v) is 15.3. The number of aromatic nitrogens is 1. The van der Waals surface area contributed by atoms with Crippen molar-refractivity contribution in [3.63, 3.8) is 0 Å². The van der Waals surface area contributed by atoms with Crippen LogP contribution >= 0.6 is 0 Å². The Kier molecular flexibility index (Phi) is 7.60. The first-order valence-electron chi connectivity index (χ1n) is 20.3. The molecule has 0 saturated carbocycles. The molecule has 2 aliphatic heterocycles. The maximum atomic E-state index is 2.59. The molecule has 0 amide bonds. The standard InChI is InChI=1S/C54H37BN4/c1-6-19-38(20-7-1)56(39-21-8-2-9-22-39)43-33-34-51-47(35-43)48-36-44(57(40-23-10-3-11-24-40)41-25-12-4-13-26-41)37-52-53(48)55(59(51)42-27-14-5-15-28-42)49-31-18-30-46-45-29-16-17-32-50(45)58(52)54(46)49/h1-37H. The molecule has 276 valence electrons. The summed E-state index contributed by atoms with van der Waals surface area (Å²) < 4.78 is 2.55. The molecule has 10 aromatic rings. The largest absolute Gasteiger partial charge is 0.376 e. The smallest absolute Gasteiger partial charge is 0.333 e. The van der Waals surface area contributed by atoms with Crippen LogP contribution in [0.25, 0.3) is 38.6 Å². The van der Waals surface area contributed by atoms with Gasteiger partial charge in [-0.3, -0.25) is 0 Å². The monoisotopic (exact) mass is 752 g/mol. The Morgan fingerprint density at radius 3 is 1.47 bits per heavy atom. The average molecular weight is 753 g/mol. The first kappa shape index (κ1) is 33.4. The van der Waals surface area contributed by atoms with Crippen molar-refractivity contribution in [2.75, 3.05) is 14.6 Å². The van der Waals surface area contributed by atoms with Crippen molar-refractivity contribution >= 4 is 85.1 Å². The van der Waals surface area contributed by atoms with E-state index in [1.165, 1.54) is 55.2 Å². The van der Waals surface area contributed by atoms with Crippen molar-refractivity contribution < 1.29 is 0 Å². The summed E-state index contributed by atoms with van der Waals surface area (Å²) in [7, 11) is 0. The van der Waals surface area contributed by atoms with Gasteiger partial charge < -0.3 is 19.2 Å². The second kappa shape index (κ2) is 13.4. The molecule has 0 bridgehead atoms. The molecule has 0 fully saturated rings. The lowest BCUT2D eigenvalue weighted by molar-refractivity contribution is 1.17. The minimum Gasteiger partial charge on any atom is -0.376 e. The molecule has 9 aromatic carbocycles. The quantitative estimate of drug-likeness (QED) is 0.151. The molecule has 0 radical (unpaired) electrons. The lowest BCUT2D eigenvalue weighted by Gasteiger charge is -2.43. The van der Waals surface area contributed by atoms with Gasteiger partial charge in [0.1, 0.15) is 0 Å². The number of nitrogens with zero attached hydrogens (tertiary/aromatic N) is 4. The van der Waals surface area contributed by atoms with Crippen molar-refractivity contribution in [2.24, 2.45) is 0 Å². The van der Waals surface area contributed by atoms with Gasteiger partial charge in [0.25, 0.3) is 0 Å². The van der Waals surface area contributed by atoms with Crippen LogP contribution < -0.4 is 25.5 Å². The summed E-state index contributed by atoms with van der Waals surface area (Å²) in [4.78, 5) is 7.36. The maximum absolute atomic E-state index is 2.59. The molecule has 12 rings (SSSR count). The first-order valence-corrected chi connectivity index (χ1v) is 20.3. The van der Waals surface area contributed by atoms with Gasteiger partial charge in [0, 0.05) is 67.5 Å². The summed E-state index contributed by atoms with van der Waals surface area (Å²) in [6.45, 7) is -0.0726. The van der Waals surface area contributed by atoms with E-state index in [9.17, 15) is 0 Å². The summed E-state index contributed by atoms with van der Waals surface area (Å²) in [6.07, 6.45) is 0. The van der Waals surface area contributed by atoms with Crippen LogP contribution in [0.1, 0.15) is 0 Å². The van der Waals surface area contributed by atoms with Gasteiger partial charge in [-0.2, -0.15) is 0 Å². The van der Waals surface area contributed by atoms with Crippen molar-refractivity contribution in [3.05, 3.63) is 224 Å². The van der Waals surface area contributed by atoms with Crippen LogP contribution in [0.4, 0.5) is 45.5 Å². The Bertz CT molecular complexity index is 3090. The fourth-order valence-electron chi connectivity index (χ4n) is 9.69. The van der Waals surface area contributed by atoms with E-state index in [-0.39, 0.29) is 6.85 Å². The van der Waals surface area contributed by atoms with Gasteiger partial charge in [-0.05, 0) is 114 Å². The Morgan fingerprint density at radius 2 is 0.864 bits per heavy atom. The highest BCUT2D eigenvalue weighted by atomic mass is 15.2. The molecule has 5 heteroatoms. The highest BCUT2D eigenvalue weighted by Gasteiger charge is 2.44. The fraction of sp³-hybridized carbons (Fsp3) is 0. The molecule has 0 saturated heterocycles. The van der Waals surface area contributed by atoms with Crippen molar-refractivity contribution in [1.82, 2.24) is 4.57 Å². The topological polar surface area (TPSA) is 14.7 Å². The maximum Gasteiger partial charge on any atom is 0.333 e. The van der Waals surface area contributed by atoms with E-state index in [2.05, 4.69) is 244 Å². The fourth-order valence-corrected chi connectivity index (χ4v) is 9.69. The summed E-state index contributed by atoms with van der Waals surface area (Å²) in [5, 5.41) is 2.53. The van der Waals surface area contributed by atoms with Crippen LogP contribution in [-0.2, 0) is 0 Å². The Morgan fingerprint density at radius 1 is 0.356 bits per heavy atom. The number of rotatable bonds is 7. The first-order chi connectivity index (χ1) is 29.3. The number of para-hydroxylation sites is 7. The highest BCUT2D eigenvalue weighted by Crippen LogP contribution is 2.49. The minimum atomic E-state index is -0.0726. The number of hydrogen-bond donors (Lipinski definition) is 0. The van der Waals surface area contributed by atoms with Crippen LogP contribution in [0.2, 0.25) is 0 Å². The van der Waals surface area contributed by atoms with E-state index < -0.39 is 0 Å². The lowest BCUT2D eigenvalue weighted by Crippen LogP contribution is -2.60. The summed E-state index contributed by atoms with van der Waals surface area (Å²) >= 11 is 0. The van der Waals surface area contributed by atoms with Gasteiger partial charge in [-0.15, -0.1) is 0 Å². The third kappa shape index (κ3) is 5.18. The summed E-state index contributed by atoms with van der Waals surface area (Å²) in [6, 6.07) is 81.6. The molecule has 2 aliphatic rings. The van der Waals surface area contributed by atoms with Gasteiger partial charge in [-0.25, -0.2) is 0 Å². The van der Waals surface area contributed by atoms with E-state index >= 15 is 0 Å². The summed E-state index contributed by atoms with van der Waals surface area (Å²) in [5.41, 5.74) is 17.7. The number of fused-ring (bicyclic) bond motifs is 7. The van der Waals surface area contributed by atoms with Crippen LogP contribution in [0, 0.1) is 0 Å². The van der Waals surface area contributed by atoms with Gasteiger partial charge in [0.05, 0.1) is 11.0 Å². The number of benzene rings is 9. The molecule has 3 heterocycles. The van der Waals surface area contributed by atoms with Crippen LogP contribution in [0.15, 0.2) is 224 Å². The minimum absolute atomic E-state index is 0.0726. The van der Waals surface area contributed by atoms with E-state index in [1.807, 2.05) is 0 Å². The van der Waals surface area contributed by atoms with Gasteiger partial charge in [-0.1, -0.05) is 127 Å². The Labute approximate surface area is 344 Å². The van der Waals surface area contributed by atoms with Crippen molar-refractivity contribution in [2.45, 2.75) is 0 Å². The average Bonchev–Trinajstić information content (AvgIpc) is 3.65. The van der Waals surface area contributed by atoms with Gasteiger partial charge in [0.15, 0.2) is 0 Å². The van der Waals surface area contributed by atoms with Crippen molar-refractivity contribution in [1.29, 1.82) is 0 Å². The zero-order valence-electron chi connectivity index (χ0n) is 32.2. The van der Waals surface area contributed by atoms with E-state index in [0.29, 0.717) is 0 Å². The number of hydrogen-bond acceptors (Lipinski definition) is 3. The molecule has 0 atom stereocenters. The van der Waals surface area contributed by atoms with E-state index in [1.54, 1.807) is 0 Å². The third-order valence-electron chi connectivity index (χ3n) is 12.1. The van der Waals surface area contributed by atoms with Crippen LogP contribution in [0.3, 0.4) is 0 Å². The predicted octanol–water partition coefficient (Wildman–Crippen LogP) is 13.0. The molecular weight excluding hydrogens is 715 g/mol. The molecule has 59 heavy (non-hydrogen) atoms. The molecule has 0 N–H and O–H groups in total. The SMILES string of the molecule is c1ccc(N2B3c4c(cc(N(c5ccccc5)c5ccccc5)cc4-n4c5ccccc5c5cccc3c54)-c3cc(N(c4ccccc4)c4ccccc4)ccc32)cc1. The molecular formula is C54H37BN4. The summed E-state index contributed by atoms with van der Waals surface area (Å²) in [5.74, 6) is 0. The van der Waals surface area contributed by atoms with E-state index in [4.69, 9.17) is 0 Å². The van der Waals surface area contributed by atoms with Crippen LogP contribution in [0.5, 0.6) is 0 Å². The predicted molar refractivity (Wildman–Crippen MR) is 249 cm³/mol. The van der Waals surface area contributed by atoms with Gasteiger partial charge in [0.2, 0.25) is 0 Å².